The summed E-state index contributed by atoms with van der Waals surface area (Å²) in [6.45, 7) is 13.1. The van der Waals surface area contributed by atoms with Gasteiger partial charge in [0.05, 0.1) is 11.6 Å². The number of nitrogens with zero attached hydrogens (tertiary/aromatic N) is 2. The Hall–Kier alpha value is -3.08. The van der Waals surface area contributed by atoms with Gasteiger partial charge >= 0.3 is 0 Å². The summed E-state index contributed by atoms with van der Waals surface area (Å²) in [4.78, 5) is 17.2. The fourth-order valence-corrected chi connectivity index (χ4v) is 4.24. The van der Waals surface area contributed by atoms with Gasteiger partial charge in [-0.15, -0.1) is 0 Å². The Balaban J connectivity index is 0.00000139. The van der Waals surface area contributed by atoms with E-state index in [9.17, 15) is 10.1 Å². The van der Waals surface area contributed by atoms with Crippen LogP contribution >= 0.6 is 0 Å². The maximum Gasteiger partial charge on any atom is 0.244 e. The van der Waals surface area contributed by atoms with E-state index >= 15 is 0 Å². The van der Waals surface area contributed by atoms with Crippen LogP contribution in [0.25, 0.3) is 0 Å². The number of rotatable bonds is 15. The average Bonchev–Trinajstić information content (AvgIpc) is 2.90. The van der Waals surface area contributed by atoms with Crippen LogP contribution in [0.15, 0.2) is 47.1 Å². The van der Waals surface area contributed by atoms with Gasteiger partial charge in [0, 0.05) is 30.7 Å². The molecule has 0 heterocycles. The average molecular weight is 535 g/mol. The van der Waals surface area contributed by atoms with Gasteiger partial charge in [-0.25, -0.2) is 5.43 Å². The molecular weight excluding hydrogens is 484 g/mol. The summed E-state index contributed by atoms with van der Waals surface area (Å²) in [5, 5.41) is 20.1. The molecule has 4 N–H and O–H groups in total. The molecule has 0 aliphatic heterocycles. The number of benzene rings is 1. The van der Waals surface area contributed by atoms with Crippen LogP contribution < -0.4 is 16.2 Å². The Labute approximate surface area is 236 Å². The molecule has 1 aliphatic carbocycles. The standard InChI is InChI=1S/C27H38N6O.C5H12/c1-5-7-9-21(17-30-20(4)8-6-2)18-31-33-26(16-29)27(34)32-24-13-23(14-24)25-12-19(3)10-11-22(25)15-28;1-3-5-4-2/h7,9-12,16-17,23-24,26,29,31,33H,5-6,8,13-14,18H2,1-4H3,(H,32,34);3-5H2,1-2H3/b9-7-,21-17+,29-16?,30-20?;. The molecule has 1 fully saturated rings. The number of carbonyl (C=O) groups excluding carboxylic acids is 1. The fourth-order valence-electron chi connectivity index (χ4n) is 4.24. The molecule has 1 unspecified atom stereocenters. The maximum atomic E-state index is 12.7. The summed E-state index contributed by atoms with van der Waals surface area (Å²) in [5.74, 6) is 0.0428. The minimum Gasteiger partial charge on any atom is -0.352 e. The molecule has 214 valence electrons. The third-order valence-electron chi connectivity index (χ3n) is 6.59. The number of aryl methyl sites for hydroxylation is 1. The number of aliphatic imine (C=N–C) groups is 1. The zero-order chi connectivity index (χ0) is 29.0. The van der Waals surface area contributed by atoms with Gasteiger partial charge in [-0.1, -0.05) is 83.2 Å². The monoisotopic (exact) mass is 534 g/mol. The quantitative estimate of drug-likeness (QED) is 0.115. The Morgan fingerprint density at radius 3 is 2.49 bits per heavy atom. The minimum absolute atomic E-state index is 0.0487. The Morgan fingerprint density at radius 1 is 1.21 bits per heavy atom. The highest BCUT2D eigenvalue weighted by molar-refractivity contribution is 5.96. The number of hydrogen-bond acceptors (Lipinski definition) is 6. The number of nitriles is 1. The number of unbranched alkanes of at least 4 members (excludes halogenated alkanes) is 2. The SMILES string of the molecule is CC/C=C\C(=C/N=C(C)CCC)CNNC(C=N)C(=O)NC1CC(c2cc(C)ccc2C#N)C1.CCCCC. The number of hydrogen-bond donors (Lipinski definition) is 4. The van der Waals surface area contributed by atoms with E-state index < -0.39 is 6.04 Å². The molecule has 39 heavy (non-hydrogen) atoms. The van der Waals surface area contributed by atoms with Gasteiger partial charge in [-0.05, 0) is 62.7 Å². The second kappa shape index (κ2) is 19.9. The van der Waals surface area contributed by atoms with Crippen LogP contribution in [0.4, 0.5) is 0 Å². The summed E-state index contributed by atoms with van der Waals surface area (Å²) < 4.78 is 0. The van der Waals surface area contributed by atoms with Crippen molar-refractivity contribution in [1.29, 1.82) is 10.7 Å². The van der Waals surface area contributed by atoms with Gasteiger partial charge in [0.15, 0.2) is 0 Å². The molecule has 1 aromatic carbocycles. The lowest BCUT2D eigenvalue weighted by Gasteiger charge is -2.37. The highest BCUT2D eigenvalue weighted by Gasteiger charge is 2.33. The highest BCUT2D eigenvalue weighted by atomic mass is 16.2. The van der Waals surface area contributed by atoms with E-state index in [2.05, 4.69) is 67.1 Å². The summed E-state index contributed by atoms with van der Waals surface area (Å²) >= 11 is 0. The lowest BCUT2D eigenvalue weighted by molar-refractivity contribution is -0.123. The van der Waals surface area contributed by atoms with Crippen LogP contribution in [0.1, 0.15) is 109 Å². The van der Waals surface area contributed by atoms with Crippen LogP contribution in [0, 0.1) is 23.7 Å². The predicted octanol–water partition coefficient (Wildman–Crippen LogP) is 6.65. The number of carbonyl (C=O) groups is 1. The normalized spacial score (nSPS) is 18.0. The van der Waals surface area contributed by atoms with Crippen molar-refractivity contribution in [3.63, 3.8) is 0 Å². The van der Waals surface area contributed by atoms with Crippen molar-refractivity contribution in [3.8, 4) is 6.07 Å². The largest absolute Gasteiger partial charge is 0.352 e. The lowest BCUT2D eigenvalue weighted by atomic mass is 9.74. The van der Waals surface area contributed by atoms with Gasteiger partial charge in [0.2, 0.25) is 5.91 Å². The molecule has 7 heteroatoms. The van der Waals surface area contributed by atoms with Gasteiger partial charge in [0.25, 0.3) is 0 Å². The first kappa shape index (κ1) is 33.9. The Morgan fingerprint density at radius 2 is 1.92 bits per heavy atom. The minimum atomic E-state index is -0.769. The first-order valence-corrected chi connectivity index (χ1v) is 14.5. The van der Waals surface area contributed by atoms with Crippen LogP contribution in [0.3, 0.4) is 0 Å². The smallest absolute Gasteiger partial charge is 0.244 e. The first-order valence-electron chi connectivity index (χ1n) is 14.5. The third kappa shape index (κ3) is 13.0. The molecule has 0 aromatic heterocycles. The molecule has 0 spiro atoms. The summed E-state index contributed by atoms with van der Waals surface area (Å²) in [6, 6.07) is 7.43. The molecule has 0 saturated heterocycles. The highest BCUT2D eigenvalue weighted by Crippen LogP contribution is 2.38. The van der Waals surface area contributed by atoms with Crippen molar-refractivity contribution >= 4 is 17.8 Å². The molecule has 7 nitrogen and oxygen atoms in total. The second-order valence-corrected chi connectivity index (χ2v) is 10.2. The van der Waals surface area contributed by atoms with Crippen LogP contribution in [-0.4, -0.2) is 36.5 Å². The number of allylic oxidation sites excluding steroid dienone is 1. The topological polar surface area (TPSA) is 113 Å². The third-order valence-corrected chi connectivity index (χ3v) is 6.59. The second-order valence-electron chi connectivity index (χ2n) is 10.2. The Kier molecular flexibility index (Phi) is 17.3. The molecule has 2 rings (SSSR count). The van der Waals surface area contributed by atoms with Crippen molar-refractivity contribution in [3.05, 3.63) is 58.8 Å². The van der Waals surface area contributed by atoms with E-state index in [4.69, 9.17) is 5.41 Å². The van der Waals surface area contributed by atoms with Gasteiger partial charge in [-0.2, -0.15) is 5.26 Å². The number of nitrogens with one attached hydrogen (secondary N) is 4. The van der Waals surface area contributed by atoms with Gasteiger partial charge < -0.3 is 10.7 Å². The van der Waals surface area contributed by atoms with Crippen LogP contribution in [0.5, 0.6) is 0 Å². The molecule has 0 bridgehead atoms. The van der Waals surface area contributed by atoms with Crippen molar-refractivity contribution in [2.24, 2.45) is 4.99 Å². The van der Waals surface area contributed by atoms with Crippen molar-refractivity contribution in [2.75, 3.05) is 6.54 Å². The van der Waals surface area contributed by atoms with E-state index in [0.29, 0.717) is 12.1 Å². The zero-order valence-corrected chi connectivity index (χ0v) is 24.9. The molecular formula is C32H50N6O. The molecule has 1 saturated carbocycles. The van der Waals surface area contributed by atoms with Crippen molar-refractivity contribution in [1.82, 2.24) is 16.2 Å². The molecule has 0 radical (unpaired) electrons. The molecule has 1 aliphatic rings. The van der Waals surface area contributed by atoms with Crippen LogP contribution in [0.2, 0.25) is 0 Å². The predicted molar refractivity (Wildman–Crippen MR) is 164 cm³/mol. The fraction of sp³-hybridized carbons (Fsp3) is 0.562. The van der Waals surface area contributed by atoms with E-state index in [1.54, 1.807) is 0 Å². The van der Waals surface area contributed by atoms with E-state index in [1.807, 2.05) is 38.3 Å². The molecule has 1 atom stereocenters. The van der Waals surface area contributed by atoms with Crippen molar-refractivity contribution in [2.45, 2.75) is 111 Å². The summed E-state index contributed by atoms with van der Waals surface area (Å²) in [5.41, 5.74) is 11.0. The van der Waals surface area contributed by atoms with E-state index in [1.165, 1.54) is 19.3 Å². The number of hydrazine groups is 1. The summed E-state index contributed by atoms with van der Waals surface area (Å²) in [6.07, 6.45) is 15.7. The lowest BCUT2D eigenvalue weighted by Crippen LogP contribution is -2.55. The Bertz CT molecular complexity index is 1010. The summed E-state index contributed by atoms with van der Waals surface area (Å²) in [7, 11) is 0. The zero-order valence-electron chi connectivity index (χ0n) is 24.9. The molecule has 1 amide bonds. The molecule has 1 aromatic rings. The van der Waals surface area contributed by atoms with Crippen LogP contribution in [-0.2, 0) is 4.79 Å². The van der Waals surface area contributed by atoms with E-state index in [0.717, 1.165) is 60.7 Å². The number of amides is 1. The van der Waals surface area contributed by atoms with E-state index in [-0.39, 0.29) is 17.9 Å². The first-order chi connectivity index (χ1) is 18.8. The van der Waals surface area contributed by atoms with Crippen molar-refractivity contribution < 1.29 is 4.79 Å². The maximum absolute atomic E-state index is 12.7. The van der Waals surface area contributed by atoms with Gasteiger partial charge in [0.1, 0.15) is 6.04 Å². The van der Waals surface area contributed by atoms with Gasteiger partial charge in [-0.3, -0.25) is 15.2 Å².